The SMILES string of the molecule is CC(C)CN(CC1CCCN1)c1cccc(C(F)(F)F)n1. The van der Waals surface area contributed by atoms with Gasteiger partial charge in [0, 0.05) is 19.1 Å². The molecule has 0 aromatic carbocycles. The minimum Gasteiger partial charge on any atom is -0.355 e. The van der Waals surface area contributed by atoms with Crippen molar-refractivity contribution in [2.75, 3.05) is 24.5 Å². The lowest BCUT2D eigenvalue weighted by molar-refractivity contribution is -0.141. The van der Waals surface area contributed by atoms with Crippen LogP contribution in [0.15, 0.2) is 18.2 Å². The fourth-order valence-electron chi connectivity index (χ4n) is 2.64. The summed E-state index contributed by atoms with van der Waals surface area (Å²) in [5.74, 6) is 0.773. The number of pyridine rings is 1. The number of halogens is 3. The van der Waals surface area contributed by atoms with Crippen molar-refractivity contribution in [1.29, 1.82) is 0 Å². The van der Waals surface area contributed by atoms with E-state index in [2.05, 4.69) is 24.1 Å². The molecule has 0 radical (unpaired) electrons. The first kappa shape index (κ1) is 16.1. The maximum atomic E-state index is 12.8. The van der Waals surface area contributed by atoms with E-state index >= 15 is 0 Å². The van der Waals surface area contributed by atoms with E-state index in [-0.39, 0.29) is 0 Å². The second-order valence-corrected chi connectivity index (χ2v) is 5.97. The van der Waals surface area contributed by atoms with Gasteiger partial charge in [0.2, 0.25) is 0 Å². The first-order chi connectivity index (χ1) is 9.86. The third-order valence-electron chi connectivity index (χ3n) is 3.54. The van der Waals surface area contributed by atoms with Gasteiger partial charge in [0.15, 0.2) is 0 Å². The molecule has 1 fully saturated rings. The van der Waals surface area contributed by atoms with Crippen LogP contribution in [0.5, 0.6) is 0 Å². The summed E-state index contributed by atoms with van der Waals surface area (Å²) >= 11 is 0. The Morgan fingerprint density at radius 3 is 2.71 bits per heavy atom. The molecule has 0 spiro atoms. The number of hydrogen-bond acceptors (Lipinski definition) is 3. The van der Waals surface area contributed by atoms with Crippen LogP contribution in [0.1, 0.15) is 32.4 Å². The van der Waals surface area contributed by atoms with Gasteiger partial charge in [-0.3, -0.25) is 0 Å². The van der Waals surface area contributed by atoms with Gasteiger partial charge in [-0.2, -0.15) is 13.2 Å². The first-order valence-corrected chi connectivity index (χ1v) is 7.39. The standard InChI is InChI=1S/C15H22F3N3/c1-11(2)9-21(10-12-5-4-8-19-12)14-7-3-6-13(20-14)15(16,17)18/h3,6-7,11-12,19H,4-5,8-10H2,1-2H3. The Balaban J connectivity index is 2.18. The Hall–Kier alpha value is -1.30. The Labute approximate surface area is 123 Å². The average Bonchev–Trinajstić information content (AvgIpc) is 2.89. The molecule has 2 heterocycles. The molecule has 1 atom stereocenters. The Bertz CT molecular complexity index is 454. The van der Waals surface area contributed by atoms with Crippen molar-refractivity contribution in [2.45, 2.75) is 38.9 Å². The van der Waals surface area contributed by atoms with Crippen LogP contribution in [0, 0.1) is 5.92 Å². The minimum atomic E-state index is -4.40. The highest BCUT2D eigenvalue weighted by Crippen LogP contribution is 2.29. The van der Waals surface area contributed by atoms with E-state index in [0.717, 1.165) is 25.5 Å². The summed E-state index contributed by atoms with van der Waals surface area (Å²) < 4.78 is 38.4. The molecule has 1 aliphatic rings. The number of rotatable bonds is 5. The van der Waals surface area contributed by atoms with Crippen molar-refractivity contribution < 1.29 is 13.2 Å². The molecule has 2 rings (SSSR count). The normalized spacial score (nSPS) is 19.2. The molecule has 21 heavy (non-hydrogen) atoms. The van der Waals surface area contributed by atoms with E-state index < -0.39 is 11.9 Å². The van der Waals surface area contributed by atoms with Gasteiger partial charge in [0.05, 0.1) is 0 Å². The number of aromatic nitrogens is 1. The van der Waals surface area contributed by atoms with Crippen LogP contribution in [-0.4, -0.2) is 30.7 Å². The maximum absolute atomic E-state index is 12.8. The van der Waals surface area contributed by atoms with Gasteiger partial charge in [0.25, 0.3) is 0 Å². The lowest BCUT2D eigenvalue weighted by Gasteiger charge is -2.29. The highest BCUT2D eigenvalue weighted by atomic mass is 19.4. The van der Waals surface area contributed by atoms with Crippen LogP contribution < -0.4 is 10.2 Å². The fraction of sp³-hybridized carbons (Fsp3) is 0.667. The Morgan fingerprint density at radius 1 is 1.38 bits per heavy atom. The molecule has 0 bridgehead atoms. The summed E-state index contributed by atoms with van der Waals surface area (Å²) in [5, 5.41) is 3.38. The Morgan fingerprint density at radius 2 is 2.14 bits per heavy atom. The first-order valence-electron chi connectivity index (χ1n) is 7.39. The van der Waals surface area contributed by atoms with E-state index in [1.165, 1.54) is 6.07 Å². The highest BCUT2D eigenvalue weighted by Gasteiger charge is 2.33. The summed E-state index contributed by atoms with van der Waals surface area (Å²) in [6.07, 6.45) is -2.21. The molecule has 118 valence electrons. The van der Waals surface area contributed by atoms with Crippen LogP contribution >= 0.6 is 0 Å². The molecule has 1 aliphatic heterocycles. The van der Waals surface area contributed by atoms with Crippen LogP contribution in [0.4, 0.5) is 19.0 Å². The van der Waals surface area contributed by atoms with Crippen molar-refractivity contribution in [2.24, 2.45) is 5.92 Å². The van der Waals surface area contributed by atoms with E-state index in [4.69, 9.17) is 0 Å². The van der Waals surface area contributed by atoms with Gasteiger partial charge in [-0.25, -0.2) is 4.98 Å². The quantitative estimate of drug-likeness (QED) is 0.904. The molecule has 3 nitrogen and oxygen atoms in total. The largest absolute Gasteiger partial charge is 0.433 e. The van der Waals surface area contributed by atoms with Gasteiger partial charge >= 0.3 is 6.18 Å². The third-order valence-corrected chi connectivity index (χ3v) is 3.54. The highest BCUT2D eigenvalue weighted by molar-refractivity contribution is 5.40. The molecule has 0 saturated carbocycles. The second-order valence-electron chi connectivity index (χ2n) is 5.97. The zero-order valence-corrected chi connectivity index (χ0v) is 12.5. The minimum absolute atomic E-state index is 0.333. The molecule has 1 unspecified atom stereocenters. The van der Waals surface area contributed by atoms with Gasteiger partial charge in [-0.15, -0.1) is 0 Å². The molecule has 1 aromatic rings. The topological polar surface area (TPSA) is 28.2 Å². The zero-order chi connectivity index (χ0) is 15.5. The zero-order valence-electron chi connectivity index (χ0n) is 12.5. The molecule has 6 heteroatoms. The lowest BCUT2D eigenvalue weighted by atomic mass is 10.1. The van der Waals surface area contributed by atoms with E-state index in [1.54, 1.807) is 6.07 Å². The number of nitrogens with zero attached hydrogens (tertiary/aromatic N) is 2. The maximum Gasteiger partial charge on any atom is 0.433 e. The Kier molecular flexibility index (Phi) is 5.08. The van der Waals surface area contributed by atoms with Crippen molar-refractivity contribution >= 4 is 5.82 Å². The summed E-state index contributed by atoms with van der Waals surface area (Å²) in [5.41, 5.74) is -0.826. The van der Waals surface area contributed by atoms with E-state index in [0.29, 0.717) is 30.9 Å². The van der Waals surface area contributed by atoms with Crippen LogP contribution in [0.2, 0.25) is 0 Å². The van der Waals surface area contributed by atoms with Crippen LogP contribution in [0.3, 0.4) is 0 Å². The van der Waals surface area contributed by atoms with Gasteiger partial charge in [0.1, 0.15) is 11.5 Å². The molecule has 0 aliphatic carbocycles. The predicted molar refractivity (Wildman–Crippen MR) is 77.3 cm³/mol. The summed E-state index contributed by atoms with van der Waals surface area (Å²) in [6.45, 7) is 6.50. The van der Waals surface area contributed by atoms with Crippen molar-refractivity contribution in [3.8, 4) is 0 Å². The molecular weight excluding hydrogens is 279 g/mol. The third kappa shape index (κ3) is 4.59. The number of hydrogen-bond donors (Lipinski definition) is 1. The number of anilines is 1. The average molecular weight is 301 g/mol. The summed E-state index contributed by atoms with van der Waals surface area (Å²) in [6, 6.07) is 4.44. The second kappa shape index (κ2) is 6.64. The van der Waals surface area contributed by atoms with Crippen molar-refractivity contribution in [1.82, 2.24) is 10.3 Å². The molecular formula is C15H22F3N3. The predicted octanol–water partition coefficient (Wildman–Crippen LogP) is 3.31. The van der Waals surface area contributed by atoms with E-state index in [1.807, 2.05) is 4.90 Å². The smallest absolute Gasteiger partial charge is 0.355 e. The monoisotopic (exact) mass is 301 g/mol. The van der Waals surface area contributed by atoms with Crippen LogP contribution in [-0.2, 0) is 6.18 Å². The summed E-state index contributed by atoms with van der Waals surface area (Å²) in [4.78, 5) is 5.77. The molecule has 1 aromatic heterocycles. The fourth-order valence-corrected chi connectivity index (χ4v) is 2.64. The number of nitrogens with one attached hydrogen (secondary N) is 1. The number of alkyl halides is 3. The van der Waals surface area contributed by atoms with Gasteiger partial charge < -0.3 is 10.2 Å². The van der Waals surface area contributed by atoms with Crippen LogP contribution in [0.25, 0.3) is 0 Å². The lowest BCUT2D eigenvalue weighted by Crippen LogP contribution is -2.40. The molecule has 1 N–H and O–H groups in total. The molecule has 0 amide bonds. The summed E-state index contributed by atoms with van der Waals surface area (Å²) in [7, 11) is 0. The van der Waals surface area contributed by atoms with Gasteiger partial charge in [-0.1, -0.05) is 19.9 Å². The van der Waals surface area contributed by atoms with Gasteiger partial charge in [-0.05, 0) is 37.4 Å². The van der Waals surface area contributed by atoms with Crippen molar-refractivity contribution in [3.05, 3.63) is 23.9 Å². The van der Waals surface area contributed by atoms with E-state index in [9.17, 15) is 13.2 Å². The van der Waals surface area contributed by atoms with Crippen molar-refractivity contribution in [3.63, 3.8) is 0 Å². The molecule has 1 saturated heterocycles.